The molecule has 1 fully saturated rings. The largest absolute Gasteiger partial charge is 0.318 e. The highest BCUT2D eigenvalue weighted by molar-refractivity contribution is 7.89. The molecule has 1 aliphatic rings. The number of carbonyl (C=O) groups excluding carboxylic acids is 1. The molecule has 10 nitrogen and oxygen atoms in total. The quantitative estimate of drug-likeness (QED) is 0.238. The molecule has 1 atom stereocenters. The van der Waals surface area contributed by atoms with Gasteiger partial charge in [0.2, 0.25) is 20.0 Å². The van der Waals surface area contributed by atoms with Crippen LogP contribution in [0.5, 0.6) is 0 Å². The van der Waals surface area contributed by atoms with Crippen LogP contribution in [0.15, 0.2) is 106 Å². The van der Waals surface area contributed by atoms with Crippen LogP contribution in [0.25, 0.3) is 5.69 Å². The first-order valence-electron chi connectivity index (χ1n) is 13.4. The summed E-state index contributed by atoms with van der Waals surface area (Å²) in [5.41, 5.74) is 5.48. The van der Waals surface area contributed by atoms with E-state index in [-0.39, 0.29) is 28.7 Å². The Kier molecular flexibility index (Phi) is 8.60. The lowest BCUT2D eigenvalue weighted by Crippen LogP contribution is -2.60. The summed E-state index contributed by atoms with van der Waals surface area (Å²) in [6.45, 7) is 2.96. The monoisotopic (exact) mass is 623 g/mol. The number of nitrogens with zero attached hydrogens (tertiary/aromatic N) is 4. The Morgan fingerprint density at radius 1 is 0.860 bits per heavy atom. The van der Waals surface area contributed by atoms with E-state index >= 15 is 0 Å². The van der Waals surface area contributed by atoms with Crippen LogP contribution < -0.4 is 5.43 Å². The average molecular weight is 624 g/mol. The van der Waals surface area contributed by atoms with Crippen molar-refractivity contribution in [1.82, 2.24) is 18.6 Å². The van der Waals surface area contributed by atoms with E-state index in [2.05, 4.69) is 10.5 Å². The van der Waals surface area contributed by atoms with Crippen LogP contribution in [-0.4, -0.2) is 67.8 Å². The van der Waals surface area contributed by atoms with Gasteiger partial charge in [-0.25, -0.2) is 26.7 Å². The molecule has 1 aromatic heterocycles. The molecule has 0 bridgehead atoms. The second kappa shape index (κ2) is 12.2. The molecule has 0 unspecified atom stereocenters. The molecular weight excluding hydrogens is 593 g/mol. The first-order valence-corrected chi connectivity index (χ1v) is 16.3. The van der Waals surface area contributed by atoms with E-state index in [1.807, 2.05) is 24.5 Å². The zero-order chi connectivity index (χ0) is 30.8. The molecule has 1 N–H and O–H groups in total. The molecule has 3 aromatic carbocycles. The summed E-state index contributed by atoms with van der Waals surface area (Å²) in [6, 6.07) is 21.9. The van der Waals surface area contributed by atoms with Crippen molar-refractivity contribution < 1.29 is 26.0 Å². The van der Waals surface area contributed by atoms with Crippen molar-refractivity contribution in [1.29, 1.82) is 0 Å². The summed E-state index contributed by atoms with van der Waals surface area (Å²) in [5.74, 6) is -1.13. The number of piperazine rings is 1. The van der Waals surface area contributed by atoms with Gasteiger partial charge in [-0.05, 0) is 68.4 Å². The van der Waals surface area contributed by atoms with Crippen LogP contribution >= 0.6 is 0 Å². The van der Waals surface area contributed by atoms with Crippen LogP contribution in [0.4, 0.5) is 4.39 Å². The van der Waals surface area contributed by atoms with Crippen molar-refractivity contribution in [3.63, 3.8) is 0 Å². The molecule has 2 heterocycles. The molecule has 4 aromatic rings. The molecule has 5 rings (SSSR count). The lowest BCUT2D eigenvalue weighted by Gasteiger charge is -2.38. The molecule has 13 heteroatoms. The van der Waals surface area contributed by atoms with Crippen molar-refractivity contribution in [3.05, 3.63) is 114 Å². The summed E-state index contributed by atoms with van der Waals surface area (Å²) >= 11 is 0. The van der Waals surface area contributed by atoms with Crippen LogP contribution in [0.3, 0.4) is 0 Å². The van der Waals surface area contributed by atoms with Crippen molar-refractivity contribution in [2.45, 2.75) is 29.7 Å². The predicted molar refractivity (Wildman–Crippen MR) is 160 cm³/mol. The smallest absolute Gasteiger partial charge is 0.259 e. The number of aryl methyl sites for hydroxylation is 1. The van der Waals surface area contributed by atoms with Gasteiger partial charge in [0.15, 0.2) is 0 Å². The number of aromatic nitrogens is 1. The first-order chi connectivity index (χ1) is 20.5. The molecule has 43 heavy (non-hydrogen) atoms. The molecule has 224 valence electrons. The molecule has 0 saturated carbocycles. The van der Waals surface area contributed by atoms with Crippen LogP contribution in [0.1, 0.15) is 17.0 Å². The van der Waals surface area contributed by atoms with Crippen molar-refractivity contribution in [3.8, 4) is 5.69 Å². The summed E-state index contributed by atoms with van der Waals surface area (Å²) in [5, 5.41) is 4.09. The molecule has 1 saturated heterocycles. The number of benzene rings is 3. The van der Waals surface area contributed by atoms with E-state index in [1.54, 1.807) is 48.5 Å². The minimum absolute atomic E-state index is 0.0103. The summed E-state index contributed by atoms with van der Waals surface area (Å²) in [7, 11) is -8.14. The Balaban J connectivity index is 1.41. The van der Waals surface area contributed by atoms with Gasteiger partial charge in [0.05, 0.1) is 16.0 Å². The normalized spacial score (nSPS) is 16.9. The second-order valence-electron chi connectivity index (χ2n) is 9.99. The molecule has 0 spiro atoms. The maximum atomic E-state index is 13.6. The van der Waals surface area contributed by atoms with Gasteiger partial charge < -0.3 is 4.57 Å². The van der Waals surface area contributed by atoms with Gasteiger partial charge in [-0.3, -0.25) is 4.79 Å². The van der Waals surface area contributed by atoms with Crippen molar-refractivity contribution in [2.75, 3.05) is 19.6 Å². The third kappa shape index (κ3) is 6.15. The fourth-order valence-corrected chi connectivity index (χ4v) is 8.13. The van der Waals surface area contributed by atoms with Crippen LogP contribution in [0.2, 0.25) is 0 Å². The lowest BCUT2D eigenvalue weighted by molar-refractivity contribution is -0.125. The number of carbonyl (C=O) groups is 1. The van der Waals surface area contributed by atoms with Gasteiger partial charge in [-0.2, -0.15) is 13.7 Å². The number of amides is 1. The molecule has 1 amide bonds. The Morgan fingerprint density at radius 3 is 2.05 bits per heavy atom. The average Bonchev–Trinajstić information content (AvgIpc) is 3.30. The molecular formula is C30H30FN5O5S2. The zero-order valence-electron chi connectivity index (χ0n) is 23.5. The first kappa shape index (κ1) is 30.3. The number of hydrogen-bond donors (Lipinski definition) is 1. The molecule has 1 aliphatic heterocycles. The van der Waals surface area contributed by atoms with Gasteiger partial charge in [0.25, 0.3) is 5.91 Å². The SMILES string of the molecule is Cc1cc(/C=N\NC(=O)[C@@H]2CN(S(=O)(=O)c3ccccc3)CCN2S(=O)(=O)c2ccccc2)c(C)n1-c1ccc(F)cc1. The third-order valence-electron chi connectivity index (χ3n) is 7.26. The lowest BCUT2D eigenvalue weighted by atomic mass is 10.2. The maximum Gasteiger partial charge on any atom is 0.259 e. The molecule has 0 aliphatic carbocycles. The van der Waals surface area contributed by atoms with E-state index < -0.39 is 38.5 Å². The zero-order valence-corrected chi connectivity index (χ0v) is 25.1. The predicted octanol–water partition coefficient (Wildman–Crippen LogP) is 3.45. The maximum absolute atomic E-state index is 13.6. The number of hydrazone groups is 1. The number of hydrogen-bond acceptors (Lipinski definition) is 6. The standard InChI is InChI=1S/C30H30FN5O5S2/c1-22-19-24(23(2)36(22)26-15-13-25(31)14-16-26)20-32-33-30(37)29-21-34(42(38,39)27-9-5-3-6-10-27)17-18-35(29)43(40,41)28-11-7-4-8-12-28/h3-16,19-20,29H,17-18,21H2,1-2H3,(H,33,37)/b32-20-/t29-/m0/s1. The van der Waals surface area contributed by atoms with Gasteiger partial charge in [-0.15, -0.1) is 0 Å². The fourth-order valence-electron chi connectivity index (χ4n) is 5.08. The Morgan fingerprint density at radius 2 is 1.44 bits per heavy atom. The third-order valence-corrected chi connectivity index (χ3v) is 11.1. The van der Waals surface area contributed by atoms with E-state index in [1.165, 1.54) is 42.6 Å². The topological polar surface area (TPSA) is 121 Å². The van der Waals surface area contributed by atoms with E-state index in [9.17, 15) is 26.0 Å². The number of rotatable bonds is 8. The summed E-state index contributed by atoms with van der Waals surface area (Å²) in [6.07, 6.45) is 1.43. The highest BCUT2D eigenvalue weighted by atomic mass is 32.2. The Labute approximate surface area is 250 Å². The second-order valence-corrected chi connectivity index (χ2v) is 13.8. The number of nitrogens with one attached hydrogen (secondary N) is 1. The van der Waals surface area contributed by atoms with E-state index in [4.69, 9.17) is 0 Å². The van der Waals surface area contributed by atoms with E-state index in [0.717, 1.165) is 25.7 Å². The minimum atomic E-state index is -4.14. The Hall–Kier alpha value is -4.17. The van der Waals surface area contributed by atoms with Crippen molar-refractivity contribution >= 4 is 32.2 Å². The van der Waals surface area contributed by atoms with Gasteiger partial charge in [0, 0.05) is 42.3 Å². The summed E-state index contributed by atoms with van der Waals surface area (Å²) < 4.78 is 71.3. The van der Waals surface area contributed by atoms with Gasteiger partial charge in [-0.1, -0.05) is 36.4 Å². The minimum Gasteiger partial charge on any atom is -0.318 e. The van der Waals surface area contributed by atoms with Crippen LogP contribution in [0, 0.1) is 19.7 Å². The van der Waals surface area contributed by atoms with Gasteiger partial charge in [0.1, 0.15) is 11.9 Å². The molecule has 0 radical (unpaired) electrons. The summed E-state index contributed by atoms with van der Waals surface area (Å²) in [4.78, 5) is 13.5. The number of halogens is 1. The van der Waals surface area contributed by atoms with Gasteiger partial charge >= 0.3 is 0 Å². The van der Waals surface area contributed by atoms with Crippen molar-refractivity contribution in [2.24, 2.45) is 5.10 Å². The number of sulfonamides is 2. The highest BCUT2D eigenvalue weighted by Crippen LogP contribution is 2.26. The van der Waals surface area contributed by atoms with E-state index in [0.29, 0.717) is 5.56 Å². The fraction of sp³-hybridized carbons (Fsp3) is 0.200. The Bertz CT molecular complexity index is 1860. The highest BCUT2D eigenvalue weighted by Gasteiger charge is 2.43. The van der Waals surface area contributed by atoms with Crippen LogP contribution in [-0.2, 0) is 24.8 Å².